The summed E-state index contributed by atoms with van der Waals surface area (Å²) in [5.74, 6) is 0.0462. The maximum atomic E-state index is 12.4. The number of carbonyl (C=O) groups excluding carboxylic acids is 1. The summed E-state index contributed by atoms with van der Waals surface area (Å²) in [5.41, 5.74) is 4.33. The third kappa shape index (κ3) is 4.12. The zero-order valence-electron chi connectivity index (χ0n) is 15.9. The molecule has 1 amide bonds. The van der Waals surface area contributed by atoms with Crippen LogP contribution >= 0.6 is 11.6 Å². The number of rotatable bonds is 6. The summed E-state index contributed by atoms with van der Waals surface area (Å²) in [7, 11) is 0. The molecule has 2 aromatic heterocycles. The fourth-order valence-electron chi connectivity index (χ4n) is 3.76. The Labute approximate surface area is 169 Å². The number of hydrogen-bond acceptors (Lipinski definition) is 3. The Bertz CT molecular complexity index is 977. The zero-order chi connectivity index (χ0) is 19.5. The lowest BCUT2D eigenvalue weighted by atomic mass is 9.92. The van der Waals surface area contributed by atoms with E-state index in [1.54, 1.807) is 0 Å². The van der Waals surface area contributed by atoms with Crippen LogP contribution in [-0.4, -0.2) is 25.5 Å². The average molecular weight is 398 g/mol. The highest BCUT2D eigenvalue weighted by Crippen LogP contribution is 2.30. The van der Waals surface area contributed by atoms with E-state index < -0.39 is 0 Å². The molecule has 0 saturated heterocycles. The summed E-state index contributed by atoms with van der Waals surface area (Å²) in [6, 6.07) is 9.81. The summed E-state index contributed by atoms with van der Waals surface area (Å²) in [5, 5.41) is 12.8. The number of aryl methyl sites for hydroxylation is 2. The van der Waals surface area contributed by atoms with E-state index in [0.29, 0.717) is 19.5 Å². The van der Waals surface area contributed by atoms with Crippen LogP contribution < -0.4 is 5.32 Å². The van der Waals surface area contributed by atoms with E-state index in [1.807, 2.05) is 59.0 Å². The first-order valence-corrected chi connectivity index (χ1v) is 10.1. The van der Waals surface area contributed by atoms with Crippen LogP contribution in [0.15, 0.2) is 42.7 Å². The molecule has 1 N–H and O–H groups in total. The third-order valence-corrected chi connectivity index (χ3v) is 5.59. The van der Waals surface area contributed by atoms with Gasteiger partial charge in [-0.3, -0.25) is 14.2 Å². The minimum absolute atomic E-state index is 0.0237. The van der Waals surface area contributed by atoms with Crippen molar-refractivity contribution in [2.24, 2.45) is 0 Å². The van der Waals surface area contributed by atoms with Crippen molar-refractivity contribution in [2.75, 3.05) is 0 Å². The molecule has 1 unspecified atom stereocenters. The number of nitrogens with zero attached hydrogens (tertiary/aromatic N) is 4. The first-order chi connectivity index (χ1) is 13.6. The molecule has 1 aromatic carbocycles. The Kier molecular flexibility index (Phi) is 5.48. The quantitative estimate of drug-likeness (QED) is 0.690. The van der Waals surface area contributed by atoms with Crippen LogP contribution in [0.25, 0.3) is 0 Å². The van der Waals surface area contributed by atoms with Gasteiger partial charge in [-0.2, -0.15) is 10.2 Å². The molecule has 0 saturated carbocycles. The van der Waals surface area contributed by atoms with Gasteiger partial charge < -0.3 is 5.32 Å². The lowest BCUT2D eigenvalue weighted by molar-refractivity contribution is -0.122. The first-order valence-electron chi connectivity index (χ1n) is 9.67. The molecule has 0 spiro atoms. The second-order valence-corrected chi connectivity index (χ2v) is 7.69. The van der Waals surface area contributed by atoms with Crippen LogP contribution in [0, 0.1) is 6.92 Å². The lowest BCUT2D eigenvalue weighted by Gasteiger charge is -2.24. The minimum Gasteiger partial charge on any atom is -0.349 e. The van der Waals surface area contributed by atoms with Crippen LogP contribution in [-0.2, 0) is 24.3 Å². The third-order valence-electron chi connectivity index (χ3n) is 5.22. The summed E-state index contributed by atoms with van der Waals surface area (Å²) in [4.78, 5) is 12.4. The highest BCUT2D eigenvalue weighted by molar-refractivity contribution is 6.31. The van der Waals surface area contributed by atoms with Crippen molar-refractivity contribution in [1.82, 2.24) is 24.9 Å². The molecule has 0 radical (unpaired) electrons. The molecule has 1 aliphatic carbocycles. The largest absolute Gasteiger partial charge is 0.349 e. The van der Waals surface area contributed by atoms with Crippen molar-refractivity contribution >= 4 is 17.5 Å². The van der Waals surface area contributed by atoms with Crippen LogP contribution in [0.3, 0.4) is 0 Å². The SMILES string of the molecule is Cc1ccn(CCC(=O)NC2CCCc3c2cnn3Cc2ccccc2Cl)n1. The van der Waals surface area contributed by atoms with E-state index in [9.17, 15) is 4.79 Å². The van der Waals surface area contributed by atoms with Crippen molar-refractivity contribution in [1.29, 1.82) is 0 Å². The van der Waals surface area contributed by atoms with E-state index in [2.05, 4.69) is 15.5 Å². The van der Waals surface area contributed by atoms with Crippen molar-refractivity contribution in [2.45, 2.75) is 51.7 Å². The van der Waals surface area contributed by atoms with Crippen molar-refractivity contribution in [3.63, 3.8) is 0 Å². The monoisotopic (exact) mass is 397 g/mol. The number of carbonyl (C=O) groups is 1. The Morgan fingerprint density at radius 1 is 1.32 bits per heavy atom. The van der Waals surface area contributed by atoms with Crippen molar-refractivity contribution < 1.29 is 4.79 Å². The van der Waals surface area contributed by atoms with E-state index in [-0.39, 0.29) is 11.9 Å². The van der Waals surface area contributed by atoms with Gasteiger partial charge in [-0.05, 0) is 43.9 Å². The van der Waals surface area contributed by atoms with Gasteiger partial charge in [0.25, 0.3) is 0 Å². The van der Waals surface area contributed by atoms with Gasteiger partial charge >= 0.3 is 0 Å². The van der Waals surface area contributed by atoms with Crippen molar-refractivity contribution in [3.8, 4) is 0 Å². The van der Waals surface area contributed by atoms with Gasteiger partial charge in [0.2, 0.25) is 5.91 Å². The molecule has 146 valence electrons. The fraction of sp³-hybridized carbons (Fsp3) is 0.381. The van der Waals surface area contributed by atoms with Crippen LogP contribution in [0.2, 0.25) is 5.02 Å². The minimum atomic E-state index is 0.0237. The molecule has 7 heteroatoms. The van der Waals surface area contributed by atoms with Gasteiger partial charge in [-0.1, -0.05) is 29.8 Å². The van der Waals surface area contributed by atoms with Gasteiger partial charge in [0.1, 0.15) is 0 Å². The maximum absolute atomic E-state index is 12.4. The van der Waals surface area contributed by atoms with Crippen LogP contribution in [0.1, 0.15) is 47.8 Å². The second-order valence-electron chi connectivity index (χ2n) is 7.28. The van der Waals surface area contributed by atoms with Gasteiger partial charge in [0.05, 0.1) is 24.5 Å². The van der Waals surface area contributed by atoms with Crippen LogP contribution in [0.4, 0.5) is 0 Å². The maximum Gasteiger partial charge on any atom is 0.222 e. The molecule has 0 fully saturated rings. The number of hydrogen-bond donors (Lipinski definition) is 1. The Morgan fingerprint density at radius 2 is 2.18 bits per heavy atom. The first kappa shape index (κ1) is 18.7. The summed E-state index contributed by atoms with van der Waals surface area (Å²) in [6.07, 6.45) is 7.16. The summed E-state index contributed by atoms with van der Waals surface area (Å²) < 4.78 is 3.82. The van der Waals surface area contributed by atoms with E-state index in [0.717, 1.165) is 41.1 Å². The molecule has 1 atom stereocenters. The molecule has 6 nitrogen and oxygen atoms in total. The number of nitrogens with one attached hydrogen (secondary N) is 1. The summed E-state index contributed by atoms with van der Waals surface area (Å²) >= 11 is 6.30. The predicted octanol–water partition coefficient (Wildman–Crippen LogP) is 3.67. The highest BCUT2D eigenvalue weighted by atomic mass is 35.5. The summed E-state index contributed by atoms with van der Waals surface area (Å²) in [6.45, 7) is 3.18. The molecule has 4 rings (SSSR count). The van der Waals surface area contributed by atoms with Crippen molar-refractivity contribution in [3.05, 3.63) is 70.3 Å². The molecule has 3 aromatic rings. The number of fused-ring (bicyclic) bond motifs is 1. The Morgan fingerprint density at radius 3 is 2.96 bits per heavy atom. The number of amides is 1. The fourth-order valence-corrected chi connectivity index (χ4v) is 3.96. The highest BCUT2D eigenvalue weighted by Gasteiger charge is 2.25. The Balaban J connectivity index is 1.42. The number of benzene rings is 1. The zero-order valence-corrected chi connectivity index (χ0v) is 16.7. The van der Waals surface area contributed by atoms with Crippen LogP contribution in [0.5, 0.6) is 0 Å². The average Bonchev–Trinajstić information content (AvgIpc) is 3.29. The topological polar surface area (TPSA) is 64.7 Å². The van der Waals surface area contributed by atoms with E-state index >= 15 is 0 Å². The van der Waals surface area contributed by atoms with Gasteiger partial charge in [0.15, 0.2) is 0 Å². The van der Waals surface area contributed by atoms with Gasteiger partial charge in [0, 0.05) is 35.4 Å². The normalized spacial score (nSPS) is 16.0. The molecule has 0 aliphatic heterocycles. The second kappa shape index (κ2) is 8.19. The molecule has 2 heterocycles. The van der Waals surface area contributed by atoms with Gasteiger partial charge in [-0.25, -0.2) is 0 Å². The molecule has 28 heavy (non-hydrogen) atoms. The van der Waals surface area contributed by atoms with E-state index in [1.165, 1.54) is 5.69 Å². The van der Waals surface area contributed by atoms with Gasteiger partial charge in [-0.15, -0.1) is 0 Å². The lowest BCUT2D eigenvalue weighted by Crippen LogP contribution is -2.31. The standard InChI is InChI=1S/C21H24ClN5O/c1-15-9-11-26(25-15)12-10-21(28)24-19-7-4-8-20-17(19)13-23-27(20)14-16-5-2-3-6-18(16)22/h2-3,5-6,9,11,13,19H,4,7-8,10,12,14H2,1H3,(H,24,28). The molecular formula is C21H24ClN5O. The van der Waals surface area contributed by atoms with E-state index in [4.69, 9.17) is 11.6 Å². The number of halogens is 1. The Hall–Kier alpha value is -2.60. The molecular weight excluding hydrogens is 374 g/mol. The number of aromatic nitrogens is 4. The predicted molar refractivity (Wildman–Crippen MR) is 108 cm³/mol. The smallest absolute Gasteiger partial charge is 0.222 e. The molecule has 1 aliphatic rings. The molecule has 0 bridgehead atoms.